The normalized spacial score (nSPS) is 18.6. The maximum atomic E-state index is 12.3. The van der Waals surface area contributed by atoms with Crippen LogP contribution >= 0.6 is 0 Å². The van der Waals surface area contributed by atoms with Crippen LogP contribution in [0.2, 0.25) is 0 Å². The summed E-state index contributed by atoms with van der Waals surface area (Å²) in [5, 5.41) is 8.84. The van der Waals surface area contributed by atoms with Gasteiger partial charge in [-0.2, -0.15) is 0 Å². The van der Waals surface area contributed by atoms with Crippen molar-refractivity contribution >= 4 is 17.9 Å². The van der Waals surface area contributed by atoms with Crippen LogP contribution in [0.5, 0.6) is 0 Å². The van der Waals surface area contributed by atoms with Crippen molar-refractivity contribution in [2.75, 3.05) is 39.9 Å². The van der Waals surface area contributed by atoms with Gasteiger partial charge in [0.15, 0.2) is 0 Å². The van der Waals surface area contributed by atoms with Crippen LogP contribution in [0.1, 0.15) is 12.8 Å². The van der Waals surface area contributed by atoms with Gasteiger partial charge >= 0.3 is 12.0 Å². The molecule has 3 amide bonds. The SMILES string of the molecule is COCCN(CC(=O)O)C(=O)N1CCCC(C(N)=O)C1. The number of piperidine rings is 1. The van der Waals surface area contributed by atoms with Crippen LogP contribution in [0.15, 0.2) is 0 Å². The van der Waals surface area contributed by atoms with Crippen molar-refractivity contribution in [1.82, 2.24) is 9.80 Å². The first-order valence-corrected chi connectivity index (χ1v) is 6.49. The summed E-state index contributed by atoms with van der Waals surface area (Å²) < 4.78 is 4.87. The molecule has 114 valence electrons. The zero-order valence-electron chi connectivity index (χ0n) is 11.6. The second kappa shape index (κ2) is 7.68. The number of carbonyl (C=O) groups excluding carboxylic acids is 2. The Morgan fingerprint density at radius 1 is 1.45 bits per heavy atom. The summed E-state index contributed by atoms with van der Waals surface area (Å²) >= 11 is 0. The number of amides is 3. The predicted molar refractivity (Wildman–Crippen MR) is 70.0 cm³/mol. The zero-order chi connectivity index (χ0) is 15.1. The van der Waals surface area contributed by atoms with E-state index in [0.717, 1.165) is 0 Å². The number of rotatable bonds is 6. The fourth-order valence-corrected chi connectivity index (χ4v) is 2.19. The van der Waals surface area contributed by atoms with Gasteiger partial charge in [-0.1, -0.05) is 0 Å². The molecule has 1 aliphatic heterocycles. The van der Waals surface area contributed by atoms with Crippen molar-refractivity contribution in [2.24, 2.45) is 11.7 Å². The Kier molecular flexibility index (Phi) is 6.23. The number of primary amides is 1. The van der Waals surface area contributed by atoms with Crippen LogP contribution in [-0.4, -0.2) is 72.7 Å². The van der Waals surface area contributed by atoms with Crippen molar-refractivity contribution in [3.63, 3.8) is 0 Å². The van der Waals surface area contributed by atoms with Gasteiger partial charge in [-0.15, -0.1) is 0 Å². The van der Waals surface area contributed by atoms with Crippen molar-refractivity contribution in [2.45, 2.75) is 12.8 Å². The van der Waals surface area contributed by atoms with E-state index < -0.39 is 17.9 Å². The van der Waals surface area contributed by atoms with Crippen LogP contribution in [0.4, 0.5) is 4.79 Å². The van der Waals surface area contributed by atoms with E-state index in [4.69, 9.17) is 15.6 Å². The molecule has 3 N–H and O–H groups in total. The van der Waals surface area contributed by atoms with Gasteiger partial charge in [0.05, 0.1) is 12.5 Å². The molecule has 8 heteroatoms. The third-order valence-electron chi connectivity index (χ3n) is 3.26. The number of carboxylic acid groups (broad SMARTS) is 1. The molecule has 1 unspecified atom stereocenters. The number of likely N-dealkylation sites (tertiary alicyclic amines) is 1. The molecule has 0 bridgehead atoms. The minimum atomic E-state index is -1.09. The lowest BCUT2D eigenvalue weighted by atomic mass is 9.98. The molecule has 0 aromatic carbocycles. The number of methoxy groups -OCH3 is 1. The van der Waals surface area contributed by atoms with E-state index in [2.05, 4.69) is 0 Å². The zero-order valence-corrected chi connectivity index (χ0v) is 11.6. The maximum absolute atomic E-state index is 12.3. The first-order valence-electron chi connectivity index (χ1n) is 6.49. The molecule has 1 saturated heterocycles. The van der Waals surface area contributed by atoms with Gasteiger partial charge in [0.2, 0.25) is 5.91 Å². The molecule has 1 fully saturated rings. The molecular weight excluding hydrogens is 266 g/mol. The Labute approximate surface area is 117 Å². The van der Waals surface area contributed by atoms with Gasteiger partial charge < -0.3 is 25.4 Å². The molecule has 8 nitrogen and oxygen atoms in total. The summed E-state index contributed by atoms with van der Waals surface area (Å²) in [5.41, 5.74) is 5.26. The molecule has 0 spiro atoms. The minimum Gasteiger partial charge on any atom is -0.480 e. The lowest BCUT2D eigenvalue weighted by molar-refractivity contribution is -0.138. The molecule has 1 aliphatic rings. The second-order valence-corrected chi connectivity index (χ2v) is 4.78. The first kappa shape index (κ1) is 16.2. The summed E-state index contributed by atoms with van der Waals surface area (Å²) in [6.07, 6.45) is 1.35. The Morgan fingerprint density at radius 2 is 2.15 bits per heavy atom. The van der Waals surface area contributed by atoms with Gasteiger partial charge in [-0.3, -0.25) is 9.59 Å². The number of carboxylic acids is 1. The van der Waals surface area contributed by atoms with Crippen LogP contribution in [0.3, 0.4) is 0 Å². The van der Waals surface area contributed by atoms with Crippen LogP contribution in [-0.2, 0) is 14.3 Å². The molecule has 1 heterocycles. The predicted octanol–water partition coefficient (Wildman–Crippen LogP) is -0.663. The minimum absolute atomic E-state index is 0.194. The monoisotopic (exact) mass is 287 g/mol. The number of hydrogen-bond acceptors (Lipinski definition) is 4. The van der Waals surface area contributed by atoms with Gasteiger partial charge in [-0.25, -0.2) is 4.79 Å². The number of ether oxygens (including phenoxy) is 1. The summed E-state index contributed by atoms with van der Waals surface area (Å²) in [7, 11) is 1.48. The highest BCUT2D eigenvalue weighted by Crippen LogP contribution is 2.17. The van der Waals surface area contributed by atoms with Gasteiger partial charge in [0.1, 0.15) is 6.54 Å². The third kappa shape index (κ3) is 4.69. The Morgan fingerprint density at radius 3 is 2.70 bits per heavy atom. The Bertz CT molecular complexity index is 374. The largest absolute Gasteiger partial charge is 0.480 e. The maximum Gasteiger partial charge on any atom is 0.323 e. The molecule has 1 atom stereocenters. The smallest absolute Gasteiger partial charge is 0.323 e. The summed E-state index contributed by atoms with van der Waals surface area (Å²) in [4.78, 5) is 37.0. The van der Waals surface area contributed by atoms with Crippen molar-refractivity contribution in [3.05, 3.63) is 0 Å². The van der Waals surface area contributed by atoms with E-state index >= 15 is 0 Å². The Balaban J connectivity index is 2.67. The topological polar surface area (TPSA) is 113 Å². The molecule has 0 aliphatic carbocycles. The highest BCUT2D eigenvalue weighted by molar-refractivity contribution is 5.82. The van der Waals surface area contributed by atoms with Crippen molar-refractivity contribution in [3.8, 4) is 0 Å². The van der Waals surface area contributed by atoms with Crippen molar-refractivity contribution in [1.29, 1.82) is 0 Å². The van der Waals surface area contributed by atoms with E-state index in [1.54, 1.807) is 0 Å². The molecule has 20 heavy (non-hydrogen) atoms. The molecule has 1 rings (SSSR count). The summed E-state index contributed by atoms with van der Waals surface area (Å²) in [5.74, 6) is -1.87. The number of hydrogen-bond donors (Lipinski definition) is 2. The fourth-order valence-electron chi connectivity index (χ4n) is 2.19. The van der Waals surface area contributed by atoms with E-state index in [-0.39, 0.29) is 32.2 Å². The van der Waals surface area contributed by atoms with E-state index in [1.165, 1.54) is 16.9 Å². The number of nitrogens with zero attached hydrogens (tertiary/aromatic N) is 2. The summed E-state index contributed by atoms with van der Waals surface area (Å²) in [6.45, 7) is 0.814. The van der Waals surface area contributed by atoms with Gasteiger partial charge in [0, 0.05) is 26.7 Å². The van der Waals surface area contributed by atoms with Crippen LogP contribution < -0.4 is 5.73 Å². The lowest BCUT2D eigenvalue weighted by Gasteiger charge is -2.34. The van der Waals surface area contributed by atoms with Crippen LogP contribution in [0.25, 0.3) is 0 Å². The average molecular weight is 287 g/mol. The molecule has 0 aromatic heterocycles. The Hall–Kier alpha value is -1.83. The molecule has 0 saturated carbocycles. The van der Waals surface area contributed by atoms with Gasteiger partial charge in [-0.05, 0) is 12.8 Å². The van der Waals surface area contributed by atoms with Gasteiger partial charge in [0.25, 0.3) is 0 Å². The second-order valence-electron chi connectivity index (χ2n) is 4.78. The van der Waals surface area contributed by atoms with Crippen molar-refractivity contribution < 1.29 is 24.2 Å². The fraction of sp³-hybridized carbons (Fsp3) is 0.750. The molecule has 0 radical (unpaired) electrons. The number of aliphatic carboxylic acids is 1. The number of carbonyl (C=O) groups is 3. The van der Waals surface area contributed by atoms with E-state index in [9.17, 15) is 14.4 Å². The standard InChI is InChI=1S/C12H21N3O5/c1-20-6-5-15(8-10(16)17)12(19)14-4-2-3-9(7-14)11(13)18/h9H,2-8H2,1H3,(H2,13,18)(H,16,17). The highest BCUT2D eigenvalue weighted by Gasteiger charge is 2.30. The average Bonchev–Trinajstić information content (AvgIpc) is 2.42. The lowest BCUT2D eigenvalue weighted by Crippen LogP contribution is -2.51. The van der Waals surface area contributed by atoms with E-state index in [0.29, 0.717) is 19.4 Å². The number of nitrogens with two attached hydrogens (primary N) is 1. The van der Waals surface area contributed by atoms with E-state index in [1.807, 2.05) is 0 Å². The number of urea groups is 1. The quantitative estimate of drug-likeness (QED) is 0.673. The molecular formula is C12H21N3O5. The summed E-state index contributed by atoms with van der Waals surface area (Å²) in [6, 6.07) is -0.393. The first-order chi connectivity index (χ1) is 9.45. The van der Waals surface area contributed by atoms with Crippen LogP contribution in [0, 0.1) is 5.92 Å². The highest BCUT2D eigenvalue weighted by atomic mass is 16.5. The third-order valence-corrected chi connectivity index (χ3v) is 3.26. The molecule has 0 aromatic rings.